The maximum absolute atomic E-state index is 12.5. The Morgan fingerprint density at radius 1 is 1.04 bits per heavy atom. The first-order chi connectivity index (χ1) is 13.3. The van der Waals surface area contributed by atoms with Crippen molar-refractivity contribution in [3.8, 4) is 0 Å². The predicted octanol–water partition coefficient (Wildman–Crippen LogP) is 2.91. The molecule has 0 atom stereocenters. The Kier molecular flexibility index (Phi) is 4.19. The minimum absolute atomic E-state index is 0.0876. The highest BCUT2D eigenvalue weighted by Gasteiger charge is 2.32. The zero-order valence-electron chi connectivity index (χ0n) is 15.2. The van der Waals surface area contributed by atoms with E-state index < -0.39 is 0 Å². The third-order valence-electron chi connectivity index (χ3n) is 5.51. The lowest BCUT2D eigenvalue weighted by Gasteiger charge is -2.26. The average Bonchev–Trinajstić information content (AvgIpc) is 3.26. The van der Waals surface area contributed by atoms with Crippen LogP contribution in [0.1, 0.15) is 22.3 Å². The SMILES string of the molecule is O=C1Nc2ccccc2C1=C1OCc2cc(CCN3CCOCC3)ccc21. The van der Waals surface area contributed by atoms with Gasteiger partial charge in [0.15, 0.2) is 0 Å². The van der Waals surface area contributed by atoms with Crippen LogP contribution in [0.5, 0.6) is 0 Å². The van der Waals surface area contributed by atoms with E-state index in [0.29, 0.717) is 17.9 Å². The van der Waals surface area contributed by atoms with Gasteiger partial charge in [0, 0.05) is 42.0 Å². The molecule has 0 unspecified atom stereocenters. The molecular weight excluding hydrogens is 340 g/mol. The van der Waals surface area contributed by atoms with Crippen LogP contribution >= 0.6 is 0 Å². The Labute approximate surface area is 158 Å². The van der Waals surface area contributed by atoms with Gasteiger partial charge in [0.05, 0.1) is 18.8 Å². The van der Waals surface area contributed by atoms with Crippen molar-refractivity contribution in [3.63, 3.8) is 0 Å². The van der Waals surface area contributed by atoms with E-state index in [1.165, 1.54) is 5.56 Å². The van der Waals surface area contributed by atoms with Crippen molar-refractivity contribution in [2.75, 3.05) is 38.2 Å². The lowest BCUT2D eigenvalue weighted by atomic mass is 9.98. The Balaban J connectivity index is 1.41. The summed E-state index contributed by atoms with van der Waals surface area (Å²) in [5.41, 5.74) is 5.92. The van der Waals surface area contributed by atoms with E-state index in [9.17, 15) is 4.79 Å². The van der Waals surface area contributed by atoms with Gasteiger partial charge >= 0.3 is 0 Å². The van der Waals surface area contributed by atoms with Crippen molar-refractivity contribution in [2.45, 2.75) is 13.0 Å². The van der Waals surface area contributed by atoms with Gasteiger partial charge in [-0.1, -0.05) is 36.4 Å². The van der Waals surface area contributed by atoms with E-state index in [-0.39, 0.29) is 5.91 Å². The molecule has 2 aromatic rings. The predicted molar refractivity (Wildman–Crippen MR) is 104 cm³/mol. The molecule has 3 heterocycles. The molecule has 1 N–H and O–H groups in total. The highest BCUT2D eigenvalue weighted by Crippen LogP contribution is 2.41. The molecule has 27 heavy (non-hydrogen) atoms. The molecule has 0 aromatic heterocycles. The summed E-state index contributed by atoms with van der Waals surface area (Å²) < 4.78 is 11.4. The third-order valence-corrected chi connectivity index (χ3v) is 5.51. The second-order valence-corrected chi connectivity index (χ2v) is 7.19. The number of hydrogen-bond donors (Lipinski definition) is 1. The van der Waals surface area contributed by atoms with E-state index in [4.69, 9.17) is 9.47 Å². The van der Waals surface area contributed by atoms with Crippen LogP contribution in [-0.2, 0) is 27.3 Å². The maximum atomic E-state index is 12.5. The molecule has 5 heteroatoms. The van der Waals surface area contributed by atoms with Crippen molar-refractivity contribution < 1.29 is 14.3 Å². The van der Waals surface area contributed by atoms with Crippen LogP contribution in [0.15, 0.2) is 42.5 Å². The molecule has 1 amide bonds. The number of morpholine rings is 1. The summed E-state index contributed by atoms with van der Waals surface area (Å²) in [6, 6.07) is 14.3. The van der Waals surface area contributed by atoms with Crippen LogP contribution < -0.4 is 5.32 Å². The highest BCUT2D eigenvalue weighted by molar-refractivity contribution is 6.36. The Bertz CT molecular complexity index is 929. The van der Waals surface area contributed by atoms with Crippen LogP contribution in [0.4, 0.5) is 5.69 Å². The molecule has 2 aromatic carbocycles. The first-order valence-corrected chi connectivity index (χ1v) is 9.50. The van der Waals surface area contributed by atoms with Crippen molar-refractivity contribution in [2.24, 2.45) is 0 Å². The first-order valence-electron chi connectivity index (χ1n) is 9.50. The Hall–Kier alpha value is -2.63. The number of para-hydroxylation sites is 1. The standard InChI is InChI=1S/C22H22N2O3/c25-22-20(18-3-1-2-4-19(18)23-22)21-17-6-5-15(13-16(17)14-27-21)7-8-24-9-11-26-12-10-24/h1-6,13H,7-12,14H2,(H,23,25). The second-order valence-electron chi connectivity index (χ2n) is 7.19. The first kappa shape index (κ1) is 16.5. The fourth-order valence-electron chi connectivity index (χ4n) is 4.03. The quantitative estimate of drug-likeness (QED) is 0.853. The molecule has 138 valence electrons. The van der Waals surface area contributed by atoms with Crippen LogP contribution in [0.25, 0.3) is 11.3 Å². The number of carbonyl (C=O) groups excluding carboxylic acids is 1. The van der Waals surface area contributed by atoms with Crippen LogP contribution in [0, 0.1) is 0 Å². The number of anilines is 1. The van der Waals surface area contributed by atoms with E-state index in [2.05, 4.69) is 28.4 Å². The number of benzene rings is 2. The van der Waals surface area contributed by atoms with Gasteiger partial charge in [-0.25, -0.2) is 0 Å². The van der Waals surface area contributed by atoms with Gasteiger partial charge in [-0.15, -0.1) is 0 Å². The number of nitrogens with one attached hydrogen (secondary N) is 1. The maximum Gasteiger partial charge on any atom is 0.260 e. The molecule has 5 rings (SSSR count). The number of rotatable bonds is 3. The van der Waals surface area contributed by atoms with Crippen LogP contribution in [-0.4, -0.2) is 43.7 Å². The van der Waals surface area contributed by atoms with Crippen molar-refractivity contribution in [3.05, 3.63) is 64.7 Å². The fourth-order valence-corrected chi connectivity index (χ4v) is 4.03. The molecule has 0 spiro atoms. The number of fused-ring (bicyclic) bond motifs is 2. The fraction of sp³-hybridized carbons (Fsp3) is 0.318. The molecule has 0 bridgehead atoms. The average molecular weight is 362 g/mol. The molecule has 3 aliphatic rings. The van der Waals surface area contributed by atoms with Crippen molar-refractivity contribution in [1.82, 2.24) is 4.90 Å². The van der Waals surface area contributed by atoms with Crippen LogP contribution in [0.2, 0.25) is 0 Å². The summed E-state index contributed by atoms with van der Waals surface area (Å²) in [5.74, 6) is 0.614. The highest BCUT2D eigenvalue weighted by atomic mass is 16.5. The minimum atomic E-state index is -0.0876. The van der Waals surface area contributed by atoms with Crippen LogP contribution in [0.3, 0.4) is 0 Å². The van der Waals surface area contributed by atoms with E-state index >= 15 is 0 Å². The zero-order chi connectivity index (χ0) is 18.2. The van der Waals surface area contributed by atoms with E-state index in [0.717, 1.165) is 61.6 Å². The van der Waals surface area contributed by atoms with E-state index in [1.807, 2.05) is 24.3 Å². The van der Waals surface area contributed by atoms with Gasteiger partial charge in [0.1, 0.15) is 12.4 Å². The minimum Gasteiger partial charge on any atom is -0.487 e. The number of amides is 1. The summed E-state index contributed by atoms with van der Waals surface area (Å²) in [6.07, 6.45) is 1.02. The monoisotopic (exact) mass is 362 g/mol. The van der Waals surface area contributed by atoms with Gasteiger partial charge in [-0.05, 0) is 18.1 Å². The molecule has 0 radical (unpaired) electrons. The van der Waals surface area contributed by atoms with Gasteiger partial charge in [-0.2, -0.15) is 0 Å². The molecule has 1 saturated heterocycles. The summed E-state index contributed by atoms with van der Waals surface area (Å²) in [7, 11) is 0. The zero-order valence-corrected chi connectivity index (χ0v) is 15.2. The van der Waals surface area contributed by atoms with Crippen molar-refractivity contribution >= 4 is 22.9 Å². The summed E-state index contributed by atoms with van der Waals surface area (Å²) in [5, 5.41) is 2.93. The second kappa shape index (κ2) is 6.83. The van der Waals surface area contributed by atoms with Gasteiger partial charge in [0.25, 0.3) is 5.91 Å². The van der Waals surface area contributed by atoms with E-state index in [1.54, 1.807) is 0 Å². The Morgan fingerprint density at radius 2 is 1.89 bits per heavy atom. The largest absolute Gasteiger partial charge is 0.487 e. The van der Waals surface area contributed by atoms with Crippen molar-refractivity contribution in [1.29, 1.82) is 0 Å². The topological polar surface area (TPSA) is 50.8 Å². The number of carbonyl (C=O) groups is 1. The number of nitrogens with zero attached hydrogens (tertiary/aromatic N) is 1. The third kappa shape index (κ3) is 3.03. The lowest BCUT2D eigenvalue weighted by Crippen LogP contribution is -2.37. The molecule has 0 aliphatic carbocycles. The number of hydrogen-bond acceptors (Lipinski definition) is 4. The molecular formula is C22H22N2O3. The van der Waals surface area contributed by atoms with Gasteiger partial charge in [0.2, 0.25) is 0 Å². The summed E-state index contributed by atoms with van der Waals surface area (Å²) in [6.45, 7) is 5.26. The van der Waals surface area contributed by atoms with Gasteiger partial charge in [-0.3, -0.25) is 9.69 Å². The summed E-state index contributed by atoms with van der Waals surface area (Å²) >= 11 is 0. The molecule has 5 nitrogen and oxygen atoms in total. The molecule has 1 fully saturated rings. The molecule has 3 aliphatic heterocycles. The summed E-state index contributed by atoms with van der Waals surface area (Å²) in [4.78, 5) is 15.0. The lowest BCUT2D eigenvalue weighted by molar-refractivity contribution is -0.110. The number of ether oxygens (including phenoxy) is 2. The molecule has 0 saturated carbocycles. The van der Waals surface area contributed by atoms with Gasteiger partial charge < -0.3 is 14.8 Å². The Morgan fingerprint density at radius 3 is 2.78 bits per heavy atom. The smallest absolute Gasteiger partial charge is 0.260 e. The normalized spacial score (nSPS) is 21.6.